The Bertz CT molecular complexity index is 480. The molecule has 2 saturated heterocycles. The molecule has 0 aliphatic carbocycles. The number of para-hydroxylation sites is 2. The number of benzene rings is 1. The number of methoxy groups -OCH3 is 1. The van der Waals surface area contributed by atoms with E-state index in [4.69, 9.17) is 4.74 Å². The molecule has 1 amide bonds. The maximum absolute atomic E-state index is 12.2. The van der Waals surface area contributed by atoms with Crippen molar-refractivity contribution in [1.82, 2.24) is 10.2 Å². The number of carbonyl (C=O) groups is 1. The lowest BCUT2D eigenvalue weighted by molar-refractivity contribution is -0.137. The molecule has 5 nitrogen and oxygen atoms in total. The molecule has 0 atom stereocenters. The number of nitrogens with one attached hydrogen (secondary N) is 1. The van der Waals surface area contributed by atoms with Gasteiger partial charge in [0.15, 0.2) is 0 Å². The average Bonchev–Trinajstić information content (AvgIpc) is 2.45. The molecule has 0 aromatic heterocycles. The minimum Gasteiger partial charge on any atom is -0.495 e. The van der Waals surface area contributed by atoms with Gasteiger partial charge in [-0.1, -0.05) is 12.1 Å². The first-order valence-corrected chi connectivity index (χ1v) is 7.17. The van der Waals surface area contributed by atoms with Gasteiger partial charge in [-0.05, 0) is 12.1 Å². The van der Waals surface area contributed by atoms with Crippen LogP contribution in [0.25, 0.3) is 0 Å². The van der Waals surface area contributed by atoms with Gasteiger partial charge in [-0.3, -0.25) is 4.79 Å². The molecular formula is C15H21N3O2. The highest BCUT2D eigenvalue weighted by molar-refractivity contribution is 5.80. The summed E-state index contributed by atoms with van der Waals surface area (Å²) in [5, 5.41) is 3.16. The van der Waals surface area contributed by atoms with Crippen LogP contribution in [0.1, 0.15) is 0 Å². The molecule has 1 aromatic carbocycles. The van der Waals surface area contributed by atoms with Gasteiger partial charge in [0.2, 0.25) is 5.91 Å². The summed E-state index contributed by atoms with van der Waals surface area (Å²) in [6.07, 6.45) is 0. The quantitative estimate of drug-likeness (QED) is 0.875. The number of rotatable bonds is 3. The molecule has 3 rings (SSSR count). The number of piperazine rings is 1. The van der Waals surface area contributed by atoms with Crippen LogP contribution in [-0.2, 0) is 4.79 Å². The Balaban J connectivity index is 1.62. The molecule has 2 aliphatic heterocycles. The average molecular weight is 275 g/mol. The number of ether oxygens (including phenoxy) is 1. The predicted molar refractivity (Wildman–Crippen MR) is 78.1 cm³/mol. The molecule has 108 valence electrons. The second-order valence-corrected chi connectivity index (χ2v) is 5.34. The van der Waals surface area contributed by atoms with Crippen molar-refractivity contribution in [3.05, 3.63) is 24.3 Å². The number of hydrogen-bond acceptors (Lipinski definition) is 4. The summed E-state index contributed by atoms with van der Waals surface area (Å²) in [5.41, 5.74) is 1.12. The lowest BCUT2D eigenvalue weighted by atomic mass is 10.0. The minimum absolute atomic E-state index is 0.202. The number of anilines is 1. The molecule has 5 heteroatoms. The van der Waals surface area contributed by atoms with Gasteiger partial charge in [0.1, 0.15) is 5.75 Å². The van der Waals surface area contributed by atoms with Crippen molar-refractivity contribution in [2.45, 2.75) is 0 Å². The van der Waals surface area contributed by atoms with Crippen LogP contribution in [0.15, 0.2) is 24.3 Å². The summed E-state index contributed by atoms with van der Waals surface area (Å²) in [6.45, 7) is 5.01. The lowest BCUT2D eigenvalue weighted by Gasteiger charge is -2.39. The molecular weight excluding hydrogens is 254 g/mol. The summed E-state index contributed by atoms with van der Waals surface area (Å²) < 4.78 is 5.41. The Labute approximate surface area is 119 Å². The molecule has 0 radical (unpaired) electrons. The molecule has 0 bridgehead atoms. The van der Waals surface area contributed by atoms with E-state index < -0.39 is 0 Å². The highest BCUT2D eigenvalue weighted by atomic mass is 16.5. The van der Waals surface area contributed by atoms with E-state index in [1.54, 1.807) is 7.11 Å². The van der Waals surface area contributed by atoms with E-state index in [9.17, 15) is 4.79 Å². The van der Waals surface area contributed by atoms with Crippen LogP contribution in [0, 0.1) is 5.92 Å². The molecule has 2 aliphatic rings. The van der Waals surface area contributed by atoms with Gasteiger partial charge in [0.05, 0.1) is 18.7 Å². The van der Waals surface area contributed by atoms with E-state index in [0.717, 1.165) is 50.7 Å². The molecule has 1 aromatic rings. The van der Waals surface area contributed by atoms with Crippen molar-refractivity contribution >= 4 is 11.6 Å². The number of nitrogens with zero attached hydrogens (tertiary/aromatic N) is 2. The van der Waals surface area contributed by atoms with Crippen LogP contribution in [0.5, 0.6) is 5.75 Å². The summed E-state index contributed by atoms with van der Waals surface area (Å²) in [6, 6.07) is 8.06. The fourth-order valence-corrected chi connectivity index (χ4v) is 2.78. The topological polar surface area (TPSA) is 44.8 Å². The monoisotopic (exact) mass is 275 g/mol. The summed E-state index contributed by atoms with van der Waals surface area (Å²) in [4.78, 5) is 16.5. The van der Waals surface area contributed by atoms with Gasteiger partial charge < -0.3 is 19.9 Å². The number of carbonyl (C=O) groups excluding carboxylic acids is 1. The Hall–Kier alpha value is -1.75. The normalized spacial score (nSPS) is 19.6. The third-order valence-electron chi connectivity index (χ3n) is 4.15. The minimum atomic E-state index is 0.202. The standard InChI is InChI=1S/C15H21N3O2/c1-20-14-5-3-2-4-13(14)17-6-8-18(9-7-17)15(19)12-10-16-11-12/h2-5,12,16H,6-11H2,1H3. The smallest absolute Gasteiger partial charge is 0.228 e. The van der Waals surface area contributed by atoms with E-state index in [0.29, 0.717) is 5.91 Å². The molecule has 2 fully saturated rings. The Morgan fingerprint density at radius 3 is 2.50 bits per heavy atom. The highest BCUT2D eigenvalue weighted by Crippen LogP contribution is 2.28. The maximum Gasteiger partial charge on any atom is 0.228 e. The van der Waals surface area contributed by atoms with Gasteiger partial charge in [0.25, 0.3) is 0 Å². The maximum atomic E-state index is 12.2. The summed E-state index contributed by atoms with van der Waals surface area (Å²) in [5.74, 6) is 1.41. The van der Waals surface area contributed by atoms with Crippen molar-refractivity contribution < 1.29 is 9.53 Å². The fraction of sp³-hybridized carbons (Fsp3) is 0.533. The first kappa shape index (κ1) is 13.2. The highest BCUT2D eigenvalue weighted by Gasteiger charge is 2.31. The largest absolute Gasteiger partial charge is 0.495 e. The first-order valence-electron chi connectivity index (χ1n) is 7.17. The van der Waals surface area contributed by atoms with Gasteiger partial charge >= 0.3 is 0 Å². The van der Waals surface area contributed by atoms with E-state index in [1.807, 2.05) is 23.1 Å². The zero-order chi connectivity index (χ0) is 13.9. The molecule has 20 heavy (non-hydrogen) atoms. The van der Waals surface area contributed by atoms with Gasteiger partial charge in [-0.15, -0.1) is 0 Å². The van der Waals surface area contributed by atoms with E-state index >= 15 is 0 Å². The van der Waals surface area contributed by atoms with Crippen molar-refractivity contribution in [3.63, 3.8) is 0 Å². The number of amides is 1. The van der Waals surface area contributed by atoms with Crippen molar-refractivity contribution in [3.8, 4) is 5.75 Å². The van der Waals surface area contributed by atoms with E-state index in [1.165, 1.54) is 0 Å². The van der Waals surface area contributed by atoms with Gasteiger partial charge in [-0.25, -0.2) is 0 Å². The van der Waals surface area contributed by atoms with Crippen LogP contribution in [0.4, 0.5) is 5.69 Å². The first-order chi connectivity index (χ1) is 9.79. The Morgan fingerprint density at radius 2 is 1.90 bits per heavy atom. The Kier molecular flexibility index (Phi) is 3.78. The third kappa shape index (κ3) is 2.45. The summed E-state index contributed by atoms with van der Waals surface area (Å²) in [7, 11) is 1.70. The number of hydrogen-bond donors (Lipinski definition) is 1. The van der Waals surface area contributed by atoms with Gasteiger partial charge in [-0.2, -0.15) is 0 Å². The molecule has 1 N–H and O–H groups in total. The Morgan fingerprint density at radius 1 is 1.20 bits per heavy atom. The van der Waals surface area contributed by atoms with Crippen molar-refractivity contribution in [2.24, 2.45) is 5.92 Å². The second-order valence-electron chi connectivity index (χ2n) is 5.34. The zero-order valence-corrected chi connectivity index (χ0v) is 11.8. The summed E-state index contributed by atoms with van der Waals surface area (Å²) >= 11 is 0. The van der Waals surface area contributed by atoms with E-state index in [-0.39, 0.29) is 5.92 Å². The van der Waals surface area contributed by atoms with Crippen molar-refractivity contribution in [1.29, 1.82) is 0 Å². The second kappa shape index (κ2) is 5.71. The molecule has 0 spiro atoms. The van der Waals surface area contributed by atoms with Crippen LogP contribution in [0.2, 0.25) is 0 Å². The third-order valence-corrected chi connectivity index (χ3v) is 4.15. The molecule has 2 heterocycles. The molecule has 0 unspecified atom stereocenters. The van der Waals surface area contributed by atoms with Gasteiger partial charge in [0, 0.05) is 39.3 Å². The SMILES string of the molecule is COc1ccccc1N1CCN(C(=O)C2CNC2)CC1. The fourth-order valence-electron chi connectivity index (χ4n) is 2.78. The van der Waals surface area contributed by atoms with E-state index in [2.05, 4.69) is 16.3 Å². The zero-order valence-electron chi connectivity index (χ0n) is 11.8. The van der Waals surface area contributed by atoms with Crippen LogP contribution in [0.3, 0.4) is 0 Å². The lowest BCUT2D eigenvalue weighted by Crippen LogP contribution is -2.56. The van der Waals surface area contributed by atoms with Crippen LogP contribution in [-0.4, -0.2) is 57.2 Å². The van der Waals surface area contributed by atoms with Crippen molar-refractivity contribution in [2.75, 3.05) is 51.3 Å². The van der Waals surface area contributed by atoms with Crippen LogP contribution >= 0.6 is 0 Å². The predicted octanol–water partition coefficient (Wildman–Crippen LogP) is 0.563. The molecule has 0 saturated carbocycles. The van der Waals surface area contributed by atoms with Crippen LogP contribution < -0.4 is 15.0 Å².